The molecule has 4 aliphatic carbocycles. The number of nitrogens with two attached hydrogens (primary N) is 1. The van der Waals surface area contributed by atoms with Crippen molar-refractivity contribution >= 4 is 34.9 Å². The zero-order valence-electron chi connectivity index (χ0n) is 22.9. The molecule has 1 aliphatic heterocycles. The van der Waals surface area contributed by atoms with Crippen molar-refractivity contribution in [2.75, 3.05) is 10.6 Å². The van der Waals surface area contributed by atoms with Gasteiger partial charge in [-0.2, -0.15) is 0 Å². The minimum atomic E-state index is -1.42. The van der Waals surface area contributed by atoms with Crippen LogP contribution in [0.25, 0.3) is 0 Å². The molecule has 0 aromatic heterocycles. The van der Waals surface area contributed by atoms with E-state index in [1.165, 1.54) is 31.1 Å². The predicted molar refractivity (Wildman–Crippen MR) is 150 cm³/mol. The second-order valence-corrected chi connectivity index (χ2v) is 12.7. The van der Waals surface area contributed by atoms with E-state index < -0.39 is 29.7 Å². The molecular weight excluding hydrogens is 506 g/mol. The number of carboxylic acids is 1. The SMILES string of the molecule is CC(=O)N1C(C(=O)O)CC(=O)c2ccccc2N(Cc2cccc(N)c2)C(=O)[C@H]1CC12CC3CC(CC(C3)C1)C2. The summed E-state index contributed by atoms with van der Waals surface area (Å²) >= 11 is 0. The lowest BCUT2D eigenvalue weighted by Gasteiger charge is -2.58. The first-order chi connectivity index (χ1) is 19.1. The highest BCUT2D eigenvalue weighted by Gasteiger charge is 2.54. The van der Waals surface area contributed by atoms with Crippen LogP contribution >= 0.6 is 0 Å². The van der Waals surface area contributed by atoms with Gasteiger partial charge in [-0.15, -0.1) is 0 Å². The average molecular weight is 544 g/mol. The van der Waals surface area contributed by atoms with Crippen LogP contribution in [0.5, 0.6) is 0 Å². The Morgan fingerprint density at radius 2 is 1.62 bits per heavy atom. The van der Waals surface area contributed by atoms with Gasteiger partial charge in [0.25, 0.3) is 0 Å². The summed E-state index contributed by atoms with van der Waals surface area (Å²) in [5.74, 6) is -0.637. The molecule has 4 fully saturated rings. The molecule has 2 aromatic carbocycles. The van der Waals surface area contributed by atoms with E-state index in [9.17, 15) is 24.3 Å². The molecule has 5 aliphatic rings. The summed E-state index contributed by atoms with van der Waals surface area (Å²) in [6.45, 7) is 1.46. The zero-order valence-corrected chi connectivity index (χ0v) is 22.9. The minimum absolute atomic E-state index is 0.105. The fraction of sp³-hybridized carbons (Fsp3) is 0.500. The number of carbonyl (C=O) groups excluding carboxylic acids is 3. The lowest BCUT2D eigenvalue weighted by Crippen LogP contribution is -2.59. The van der Waals surface area contributed by atoms with Crippen molar-refractivity contribution in [3.8, 4) is 0 Å². The Labute approximate surface area is 234 Å². The molecule has 0 spiro atoms. The molecule has 0 saturated heterocycles. The molecule has 8 nitrogen and oxygen atoms in total. The third-order valence-electron chi connectivity index (χ3n) is 9.83. The maximum absolute atomic E-state index is 14.8. The first-order valence-electron chi connectivity index (χ1n) is 14.4. The van der Waals surface area contributed by atoms with Crippen LogP contribution in [0.3, 0.4) is 0 Å². The topological polar surface area (TPSA) is 121 Å². The maximum Gasteiger partial charge on any atom is 0.326 e. The number of fused-ring (bicyclic) bond motifs is 1. The van der Waals surface area contributed by atoms with E-state index in [-0.39, 0.29) is 29.9 Å². The number of carbonyl (C=O) groups is 4. The van der Waals surface area contributed by atoms with Crippen molar-refractivity contribution in [2.24, 2.45) is 23.2 Å². The third kappa shape index (κ3) is 4.78. The van der Waals surface area contributed by atoms with Crippen LogP contribution in [-0.4, -0.2) is 45.7 Å². The Bertz CT molecular complexity index is 1330. The van der Waals surface area contributed by atoms with E-state index in [1.807, 2.05) is 12.1 Å². The molecule has 2 aromatic rings. The predicted octanol–water partition coefficient (Wildman–Crippen LogP) is 4.67. The summed E-state index contributed by atoms with van der Waals surface area (Å²) in [4.78, 5) is 57.2. The number of anilines is 2. The van der Waals surface area contributed by atoms with Gasteiger partial charge < -0.3 is 20.6 Å². The van der Waals surface area contributed by atoms with Crippen LogP contribution in [0, 0.1) is 23.2 Å². The highest BCUT2D eigenvalue weighted by atomic mass is 16.4. The number of hydrogen-bond acceptors (Lipinski definition) is 5. The first-order valence-corrected chi connectivity index (χ1v) is 14.4. The van der Waals surface area contributed by atoms with Crippen LogP contribution in [0.2, 0.25) is 0 Å². The molecule has 8 heteroatoms. The van der Waals surface area contributed by atoms with E-state index in [4.69, 9.17) is 5.73 Å². The monoisotopic (exact) mass is 543 g/mol. The van der Waals surface area contributed by atoms with Gasteiger partial charge in [0.2, 0.25) is 11.8 Å². The van der Waals surface area contributed by atoms with Crippen molar-refractivity contribution in [1.29, 1.82) is 0 Å². The van der Waals surface area contributed by atoms with E-state index in [0.29, 0.717) is 35.5 Å². The van der Waals surface area contributed by atoms with Gasteiger partial charge in [-0.3, -0.25) is 14.4 Å². The van der Waals surface area contributed by atoms with Crippen LogP contribution in [0.1, 0.15) is 74.2 Å². The number of carboxylic acid groups (broad SMARTS) is 1. The number of rotatable bonds is 5. The largest absolute Gasteiger partial charge is 0.480 e. The Balaban J connectivity index is 1.48. The highest BCUT2D eigenvalue weighted by molar-refractivity contribution is 6.10. The third-order valence-corrected chi connectivity index (χ3v) is 9.83. The smallest absolute Gasteiger partial charge is 0.326 e. The van der Waals surface area contributed by atoms with Gasteiger partial charge in [-0.25, -0.2) is 4.79 Å². The van der Waals surface area contributed by atoms with Gasteiger partial charge in [0.1, 0.15) is 12.1 Å². The van der Waals surface area contributed by atoms with Gasteiger partial charge in [0, 0.05) is 24.6 Å². The number of aliphatic carboxylic acids is 1. The molecule has 40 heavy (non-hydrogen) atoms. The second kappa shape index (κ2) is 10.1. The molecule has 2 atom stereocenters. The van der Waals surface area contributed by atoms with E-state index >= 15 is 0 Å². The van der Waals surface area contributed by atoms with Gasteiger partial charge in [0.05, 0.1) is 12.2 Å². The van der Waals surface area contributed by atoms with E-state index in [0.717, 1.165) is 24.8 Å². The maximum atomic E-state index is 14.8. The molecule has 210 valence electrons. The standard InChI is InChI=1S/C32H37N3O5/c1-19(36)35-27(31(39)40)13-29(37)25-7-2-3-8-26(25)34(18-20-5-4-6-24(33)12-20)30(38)28(35)17-32-14-21-9-22(15-32)11-23(10-21)16-32/h2-8,12,21-23,27-28H,9-11,13-18,33H2,1H3,(H,39,40)/t21?,22?,23?,27?,28-,32?/m1/s1. The fourth-order valence-electron chi connectivity index (χ4n) is 8.78. The molecule has 4 bridgehead atoms. The van der Waals surface area contributed by atoms with Gasteiger partial charge in [0.15, 0.2) is 5.78 Å². The van der Waals surface area contributed by atoms with Crippen LogP contribution in [-0.2, 0) is 20.9 Å². The molecular formula is C32H37N3O5. The number of nitrogen functional groups attached to an aromatic ring is 1. The van der Waals surface area contributed by atoms with E-state index in [1.54, 1.807) is 41.3 Å². The molecule has 3 N–H and O–H groups in total. The number of hydrogen-bond donors (Lipinski definition) is 2. The summed E-state index contributed by atoms with van der Waals surface area (Å²) in [6, 6.07) is 11.7. The van der Waals surface area contributed by atoms with Gasteiger partial charge >= 0.3 is 5.97 Å². The van der Waals surface area contributed by atoms with E-state index in [2.05, 4.69) is 0 Å². The van der Waals surface area contributed by atoms with Crippen molar-refractivity contribution in [1.82, 2.24) is 4.90 Å². The lowest BCUT2D eigenvalue weighted by molar-refractivity contribution is -0.156. The van der Waals surface area contributed by atoms with Crippen LogP contribution < -0.4 is 10.6 Å². The summed E-state index contributed by atoms with van der Waals surface area (Å²) in [7, 11) is 0. The summed E-state index contributed by atoms with van der Waals surface area (Å²) < 4.78 is 0. The van der Waals surface area contributed by atoms with Crippen molar-refractivity contribution < 1.29 is 24.3 Å². The summed E-state index contributed by atoms with van der Waals surface area (Å²) in [6.07, 6.45) is 6.76. The molecule has 2 amide bonds. The Kier molecular flexibility index (Phi) is 6.67. The van der Waals surface area contributed by atoms with Crippen molar-refractivity contribution in [3.05, 3.63) is 59.7 Å². The summed E-state index contributed by atoms with van der Waals surface area (Å²) in [5.41, 5.74) is 8.01. The van der Waals surface area contributed by atoms with Gasteiger partial charge in [-0.05, 0) is 97.9 Å². The molecule has 7 rings (SSSR count). The minimum Gasteiger partial charge on any atom is -0.480 e. The quantitative estimate of drug-likeness (QED) is 0.529. The first kappa shape index (κ1) is 26.5. The Hall–Kier alpha value is -3.68. The molecule has 1 unspecified atom stereocenters. The number of Topliss-reactive ketones (excluding diaryl/α,β-unsaturated/α-hetero) is 1. The Morgan fingerprint density at radius 3 is 2.23 bits per heavy atom. The number of benzene rings is 2. The van der Waals surface area contributed by atoms with Crippen molar-refractivity contribution in [2.45, 2.75) is 76.9 Å². The number of ketones is 1. The van der Waals surface area contributed by atoms with Gasteiger partial charge in [-0.1, -0.05) is 24.3 Å². The fourth-order valence-corrected chi connectivity index (χ4v) is 8.78. The summed E-state index contributed by atoms with van der Waals surface area (Å²) in [5, 5.41) is 10.3. The average Bonchev–Trinajstić information content (AvgIpc) is 2.92. The number of nitrogens with zero attached hydrogens (tertiary/aromatic N) is 2. The molecule has 1 heterocycles. The van der Waals surface area contributed by atoms with Crippen molar-refractivity contribution in [3.63, 3.8) is 0 Å². The van der Waals surface area contributed by atoms with Crippen LogP contribution in [0.15, 0.2) is 48.5 Å². The highest BCUT2D eigenvalue weighted by Crippen LogP contribution is 2.62. The second-order valence-electron chi connectivity index (χ2n) is 12.7. The number of para-hydroxylation sites is 1. The lowest BCUT2D eigenvalue weighted by atomic mass is 9.48. The molecule has 0 radical (unpaired) electrons. The molecule has 4 saturated carbocycles. The Morgan fingerprint density at radius 1 is 0.975 bits per heavy atom. The zero-order chi connectivity index (χ0) is 28.2. The van der Waals surface area contributed by atoms with Crippen LogP contribution in [0.4, 0.5) is 11.4 Å². The normalized spacial score (nSPS) is 31.4. The number of amides is 2.